The van der Waals surface area contributed by atoms with Crippen molar-refractivity contribution in [2.24, 2.45) is 0 Å². The van der Waals surface area contributed by atoms with Crippen LogP contribution in [0.3, 0.4) is 0 Å². The first-order chi connectivity index (χ1) is 8.47. The lowest BCUT2D eigenvalue weighted by Gasteiger charge is -2.30. The van der Waals surface area contributed by atoms with Crippen LogP contribution in [-0.2, 0) is 12.0 Å². The van der Waals surface area contributed by atoms with Gasteiger partial charge in [-0.05, 0) is 26.4 Å². The van der Waals surface area contributed by atoms with Gasteiger partial charge in [0.05, 0.1) is 12.7 Å². The van der Waals surface area contributed by atoms with E-state index in [0.29, 0.717) is 6.04 Å². The molecule has 102 valence electrons. The van der Waals surface area contributed by atoms with E-state index in [4.69, 9.17) is 4.42 Å². The fourth-order valence-corrected chi connectivity index (χ4v) is 2.28. The molecule has 0 spiro atoms. The number of nitrogens with one attached hydrogen (secondary N) is 1. The quantitative estimate of drug-likeness (QED) is 0.894. The van der Waals surface area contributed by atoms with Crippen molar-refractivity contribution in [3.8, 4) is 0 Å². The Morgan fingerprint density at radius 2 is 2.28 bits per heavy atom. The third-order valence-corrected chi connectivity index (χ3v) is 3.57. The lowest BCUT2D eigenvalue weighted by molar-refractivity contribution is 0.178. The van der Waals surface area contributed by atoms with Gasteiger partial charge in [0, 0.05) is 18.0 Å². The first kappa shape index (κ1) is 13.6. The molecule has 2 rings (SSSR count). The van der Waals surface area contributed by atoms with Crippen LogP contribution in [0.25, 0.3) is 0 Å². The summed E-state index contributed by atoms with van der Waals surface area (Å²) in [5, 5.41) is 3.44. The largest absolute Gasteiger partial charge is 0.444 e. The van der Waals surface area contributed by atoms with Crippen LogP contribution in [0.15, 0.2) is 10.6 Å². The molecule has 1 aliphatic rings. The van der Waals surface area contributed by atoms with Crippen LogP contribution in [0.2, 0.25) is 0 Å². The van der Waals surface area contributed by atoms with Gasteiger partial charge >= 0.3 is 0 Å². The Balaban J connectivity index is 1.94. The van der Waals surface area contributed by atoms with Crippen molar-refractivity contribution in [1.82, 2.24) is 15.2 Å². The molecule has 4 nitrogen and oxygen atoms in total. The number of oxazole rings is 1. The maximum atomic E-state index is 5.84. The highest BCUT2D eigenvalue weighted by Crippen LogP contribution is 2.23. The molecule has 18 heavy (non-hydrogen) atoms. The van der Waals surface area contributed by atoms with E-state index in [0.717, 1.165) is 31.3 Å². The van der Waals surface area contributed by atoms with E-state index in [1.807, 2.05) is 6.20 Å². The lowest BCUT2D eigenvalue weighted by Crippen LogP contribution is -2.43. The van der Waals surface area contributed by atoms with E-state index in [2.05, 4.69) is 43.0 Å². The van der Waals surface area contributed by atoms with Crippen molar-refractivity contribution in [1.29, 1.82) is 0 Å². The molecule has 1 fully saturated rings. The average molecular weight is 251 g/mol. The molecule has 0 aromatic carbocycles. The summed E-state index contributed by atoms with van der Waals surface area (Å²) in [6, 6.07) is 0.601. The van der Waals surface area contributed by atoms with Crippen molar-refractivity contribution in [2.75, 3.05) is 20.1 Å². The Kier molecular flexibility index (Phi) is 4.07. The van der Waals surface area contributed by atoms with Gasteiger partial charge in [-0.15, -0.1) is 0 Å². The standard InChI is InChI=1S/C14H25N3O/c1-14(2,3)12-9-16-13(18-12)10-17(4)11-6-5-7-15-8-11/h9,11,15H,5-8,10H2,1-4H3. The molecule has 1 unspecified atom stereocenters. The second-order valence-corrected chi connectivity index (χ2v) is 6.28. The van der Waals surface area contributed by atoms with Crippen molar-refractivity contribution < 1.29 is 4.42 Å². The topological polar surface area (TPSA) is 41.3 Å². The van der Waals surface area contributed by atoms with Crippen LogP contribution in [0.4, 0.5) is 0 Å². The van der Waals surface area contributed by atoms with Crippen molar-refractivity contribution in [3.05, 3.63) is 17.8 Å². The normalized spacial score (nSPS) is 21.5. The Morgan fingerprint density at radius 1 is 1.50 bits per heavy atom. The van der Waals surface area contributed by atoms with Gasteiger partial charge in [-0.2, -0.15) is 0 Å². The average Bonchev–Trinajstić information content (AvgIpc) is 2.78. The van der Waals surface area contributed by atoms with E-state index >= 15 is 0 Å². The molecule has 1 N–H and O–H groups in total. The third-order valence-electron chi connectivity index (χ3n) is 3.57. The summed E-state index contributed by atoms with van der Waals surface area (Å²) in [4.78, 5) is 6.73. The minimum absolute atomic E-state index is 0.0379. The van der Waals surface area contributed by atoms with Crippen LogP contribution < -0.4 is 5.32 Å². The molecule has 0 saturated carbocycles. The maximum absolute atomic E-state index is 5.84. The number of hydrogen-bond acceptors (Lipinski definition) is 4. The van der Waals surface area contributed by atoms with Crippen molar-refractivity contribution in [3.63, 3.8) is 0 Å². The predicted octanol–water partition coefficient (Wildman–Crippen LogP) is 2.16. The molecule has 1 saturated heterocycles. The Bertz CT molecular complexity index is 375. The molecule has 2 heterocycles. The van der Waals surface area contributed by atoms with Gasteiger partial charge < -0.3 is 9.73 Å². The minimum Gasteiger partial charge on any atom is -0.444 e. The molecule has 1 aliphatic heterocycles. The minimum atomic E-state index is 0.0379. The number of piperidine rings is 1. The zero-order valence-electron chi connectivity index (χ0n) is 12.0. The number of aromatic nitrogens is 1. The highest BCUT2D eigenvalue weighted by molar-refractivity contribution is 5.06. The van der Waals surface area contributed by atoms with Gasteiger partial charge in [0.1, 0.15) is 5.76 Å². The zero-order chi connectivity index (χ0) is 13.2. The summed E-state index contributed by atoms with van der Waals surface area (Å²) in [6.07, 6.45) is 4.38. The first-order valence-corrected chi connectivity index (χ1v) is 6.83. The molecule has 1 atom stereocenters. The molecule has 0 bridgehead atoms. The maximum Gasteiger partial charge on any atom is 0.208 e. The second-order valence-electron chi connectivity index (χ2n) is 6.28. The second kappa shape index (κ2) is 5.41. The summed E-state index contributed by atoms with van der Waals surface area (Å²) in [6.45, 7) is 9.45. The van der Waals surface area contributed by atoms with Gasteiger partial charge in [0.2, 0.25) is 5.89 Å². The van der Waals surface area contributed by atoms with Gasteiger partial charge in [0.15, 0.2) is 0 Å². The molecule has 4 heteroatoms. The molecular formula is C14H25N3O. The lowest BCUT2D eigenvalue weighted by atomic mass is 9.94. The molecule has 1 aromatic rings. The third kappa shape index (κ3) is 3.33. The zero-order valence-corrected chi connectivity index (χ0v) is 12.0. The van der Waals surface area contributed by atoms with Gasteiger partial charge in [0.25, 0.3) is 0 Å². The van der Waals surface area contributed by atoms with Gasteiger partial charge in [-0.25, -0.2) is 4.98 Å². The van der Waals surface area contributed by atoms with Crippen LogP contribution in [0.1, 0.15) is 45.3 Å². The SMILES string of the molecule is CN(Cc1ncc(C(C)(C)C)o1)C1CCCNC1. The van der Waals surface area contributed by atoms with Crippen LogP contribution in [0.5, 0.6) is 0 Å². The summed E-state index contributed by atoms with van der Waals surface area (Å²) < 4.78 is 5.84. The Hall–Kier alpha value is -0.870. The van der Waals surface area contributed by atoms with Crippen LogP contribution in [0, 0.1) is 0 Å². The van der Waals surface area contributed by atoms with Gasteiger partial charge in [-0.1, -0.05) is 20.8 Å². The molecule has 0 radical (unpaired) electrons. The summed E-state index contributed by atoms with van der Waals surface area (Å²) in [5.74, 6) is 1.79. The van der Waals surface area contributed by atoms with Crippen molar-refractivity contribution >= 4 is 0 Å². The predicted molar refractivity (Wildman–Crippen MR) is 72.6 cm³/mol. The van der Waals surface area contributed by atoms with E-state index in [9.17, 15) is 0 Å². The van der Waals surface area contributed by atoms with E-state index in [1.165, 1.54) is 12.8 Å². The smallest absolute Gasteiger partial charge is 0.208 e. The summed E-state index contributed by atoms with van der Waals surface area (Å²) >= 11 is 0. The number of hydrogen-bond donors (Lipinski definition) is 1. The summed E-state index contributed by atoms with van der Waals surface area (Å²) in [5.41, 5.74) is 0.0379. The molecular weight excluding hydrogens is 226 g/mol. The highest BCUT2D eigenvalue weighted by Gasteiger charge is 2.22. The molecule has 0 aliphatic carbocycles. The van der Waals surface area contributed by atoms with Crippen LogP contribution >= 0.6 is 0 Å². The molecule has 1 aromatic heterocycles. The highest BCUT2D eigenvalue weighted by atomic mass is 16.4. The van der Waals surface area contributed by atoms with E-state index < -0.39 is 0 Å². The van der Waals surface area contributed by atoms with E-state index in [1.54, 1.807) is 0 Å². The monoisotopic (exact) mass is 251 g/mol. The van der Waals surface area contributed by atoms with E-state index in [-0.39, 0.29) is 5.41 Å². The molecule has 0 amide bonds. The van der Waals surface area contributed by atoms with Gasteiger partial charge in [-0.3, -0.25) is 4.90 Å². The first-order valence-electron chi connectivity index (χ1n) is 6.83. The van der Waals surface area contributed by atoms with Crippen molar-refractivity contribution in [2.45, 2.75) is 51.6 Å². The fraction of sp³-hybridized carbons (Fsp3) is 0.786. The summed E-state index contributed by atoms with van der Waals surface area (Å²) in [7, 11) is 2.15. The number of likely N-dealkylation sites (N-methyl/N-ethyl adjacent to an activating group) is 1. The van der Waals surface area contributed by atoms with Crippen LogP contribution in [-0.4, -0.2) is 36.1 Å². The number of rotatable bonds is 3. The Morgan fingerprint density at radius 3 is 2.83 bits per heavy atom. The Labute approximate surface area is 110 Å². The number of nitrogens with zero attached hydrogens (tertiary/aromatic N) is 2. The fourth-order valence-electron chi connectivity index (χ4n) is 2.28.